The molecule has 0 aliphatic carbocycles. The molecule has 1 heterocycles. The van der Waals surface area contributed by atoms with Crippen molar-refractivity contribution >= 4 is 21.8 Å². The number of halogens is 2. The summed E-state index contributed by atoms with van der Waals surface area (Å²) in [5.74, 6) is -0.239. The Morgan fingerprint density at radius 1 is 1.56 bits per heavy atom. The molecule has 3 nitrogen and oxygen atoms in total. The van der Waals surface area contributed by atoms with Gasteiger partial charge in [0.1, 0.15) is 5.82 Å². The molecule has 1 N–H and O–H groups in total. The summed E-state index contributed by atoms with van der Waals surface area (Å²) >= 11 is 3.22. The SMILES string of the molecule is CC1NCCCN(Cc2ccc(Br)cc2F)C1=O. The van der Waals surface area contributed by atoms with Crippen LogP contribution in [0.4, 0.5) is 4.39 Å². The van der Waals surface area contributed by atoms with Crippen molar-refractivity contribution in [2.24, 2.45) is 0 Å². The van der Waals surface area contributed by atoms with E-state index in [0.717, 1.165) is 13.0 Å². The van der Waals surface area contributed by atoms with Crippen LogP contribution in [0.2, 0.25) is 0 Å². The Kier molecular flexibility index (Phi) is 4.35. The molecule has 0 aromatic heterocycles. The van der Waals surface area contributed by atoms with Crippen LogP contribution in [-0.2, 0) is 11.3 Å². The molecule has 1 fully saturated rings. The highest BCUT2D eigenvalue weighted by Crippen LogP contribution is 2.17. The molecule has 1 aliphatic rings. The zero-order valence-electron chi connectivity index (χ0n) is 10.2. The van der Waals surface area contributed by atoms with E-state index in [1.807, 2.05) is 6.92 Å². The predicted octanol–water partition coefficient (Wildman–Crippen LogP) is 2.30. The van der Waals surface area contributed by atoms with Gasteiger partial charge < -0.3 is 10.2 Å². The van der Waals surface area contributed by atoms with Crippen LogP contribution in [0.1, 0.15) is 18.9 Å². The maximum Gasteiger partial charge on any atom is 0.239 e. The highest BCUT2D eigenvalue weighted by molar-refractivity contribution is 9.10. The number of carbonyl (C=O) groups excluding carboxylic acids is 1. The fourth-order valence-corrected chi connectivity index (χ4v) is 2.41. The third-order valence-electron chi connectivity index (χ3n) is 3.11. The molecule has 0 spiro atoms. The van der Waals surface area contributed by atoms with E-state index >= 15 is 0 Å². The molecule has 5 heteroatoms. The van der Waals surface area contributed by atoms with Gasteiger partial charge in [-0.3, -0.25) is 4.79 Å². The number of nitrogens with one attached hydrogen (secondary N) is 1. The minimum atomic E-state index is -0.276. The average molecular weight is 315 g/mol. The lowest BCUT2D eigenvalue weighted by Crippen LogP contribution is -2.41. The number of hydrogen-bond acceptors (Lipinski definition) is 2. The van der Waals surface area contributed by atoms with Crippen molar-refractivity contribution in [3.8, 4) is 0 Å². The lowest BCUT2D eigenvalue weighted by atomic mass is 10.2. The maximum atomic E-state index is 13.7. The van der Waals surface area contributed by atoms with Gasteiger partial charge in [0.2, 0.25) is 5.91 Å². The van der Waals surface area contributed by atoms with E-state index in [-0.39, 0.29) is 17.8 Å². The van der Waals surface area contributed by atoms with E-state index in [1.165, 1.54) is 6.07 Å². The number of nitrogens with zero attached hydrogens (tertiary/aromatic N) is 1. The van der Waals surface area contributed by atoms with Crippen molar-refractivity contribution in [3.63, 3.8) is 0 Å². The van der Waals surface area contributed by atoms with Crippen LogP contribution in [0.15, 0.2) is 22.7 Å². The van der Waals surface area contributed by atoms with Crippen molar-refractivity contribution < 1.29 is 9.18 Å². The molecular formula is C13H16BrFN2O. The largest absolute Gasteiger partial charge is 0.337 e. The van der Waals surface area contributed by atoms with Crippen molar-refractivity contribution in [3.05, 3.63) is 34.1 Å². The van der Waals surface area contributed by atoms with E-state index in [1.54, 1.807) is 17.0 Å². The summed E-state index contributed by atoms with van der Waals surface area (Å²) < 4.78 is 14.5. The third-order valence-corrected chi connectivity index (χ3v) is 3.61. The minimum Gasteiger partial charge on any atom is -0.337 e. The van der Waals surface area contributed by atoms with Crippen molar-refractivity contribution in [1.29, 1.82) is 0 Å². The van der Waals surface area contributed by atoms with Crippen LogP contribution in [0.25, 0.3) is 0 Å². The Bertz CT molecular complexity index is 453. The van der Waals surface area contributed by atoms with Gasteiger partial charge in [-0.15, -0.1) is 0 Å². The molecule has 0 saturated carbocycles. The summed E-state index contributed by atoms with van der Waals surface area (Å²) in [6.07, 6.45) is 0.897. The highest BCUT2D eigenvalue weighted by Gasteiger charge is 2.23. The normalized spacial score (nSPS) is 20.9. The Morgan fingerprint density at radius 3 is 3.06 bits per heavy atom. The summed E-state index contributed by atoms with van der Waals surface area (Å²) in [7, 11) is 0. The Balaban J connectivity index is 2.14. The number of hydrogen-bond donors (Lipinski definition) is 1. The van der Waals surface area contributed by atoms with Crippen LogP contribution < -0.4 is 5.32 Å². The van der Waals surface area contributed by atoms with Crippen LogP contribution >= 0.6 is 15.9 Å². The molecule has 18 heavy (non-hydrogen) atoms. The zero-order chi connectivity index (χ0) is 13.1. The van der Waals surface area contributed by atoms with Gasteiger partial charge in [0.05, 0.1) is 6.04 Å². The maximum absolute atomic E-state index is 13.7. The smallest absolute Gasteiger partial charge is 0.239 e. The quantitative estimate of drug-likeness (QED) is 0.908. The lowest BCUT2D eigenvalue weighted by molar-refractivity contribution is -0.132. The lowest BCUT2D eigenvalue weighted by Gasteiger charge is -2.23. The van der Waals surface area contributed by atoms with Gasteiger partial charge in [0, 0.05) is 23.1 Å². The summed E-state index contributed by atoms with van der Waals surface area (Å²) in [4.78, 5) is 13.8. The first kappa shape index (κ1) is 13.5. The van der Waals surface area contributed by atoms with Gasteiger partial charge in [-0.05, 0) is 32.0 Å². The van der Waals surface area contributed by atoms with E-state index in [2.05, 4.69) is 21.2 Å². The van der Waals surface area contributed by atoms with E-state index in [4.69, 9.17) is 0 Å². The van der Waals surface area contributed by atoms with Crippen molar-refractivity contribution in [1.82, 2.24) is 10.2 Å². The first-order valence-corrected chi connectivity index (χ1v) is 6.83. The molecule has 1 unspecified atom stereocenters. The number of benzene rings is 1. The van der Waals surface area contributed by atoms with Crippen LogP contribution in [0, 0.1) is 5.82 Å². The third kappa shape index (κ3) is 3.09. The van der Waals surface area contributed by atoms with E-state index < -0.39 is 0 Å². The molecule has 1 saturated heterocycles. The van der Waals surface area contributed by atoms with Gasteiger partial charge >= 0.3 is 0 Å². The second-order valence-electron chi connectivity index (χ2n) is 4.52. The van der Waals surface area contributed by atoms with Gasteiger partial charge in [0.15, 0.2) is 0 Å². The van der Waals surface area contributed by atoms with Crippen LogP contribution in [-0.4, -0.2) is 29.9 Å². The molecule has 1 aliphatic heterocycles. The number of amides is 1. The summed E-state index contributed by atoms with van der Waals surface area (Å²) in [5.41, 5.74) is 0.556. The molecule has 98 valence electrons. The van der Waals surface area contributed by atoms with Gasteiger partial charge in [-0.25, -0.2) is 4.39 Å². The first-order valence-electron chi connectivity index (χ1n) is 6.04. The second kappa shape index (κ2) is 5.80. The standard InChI is InChI=1S/C13H16BrFN2O/c1-9-13(18)17(6-2-5-16-9)8-10-3-4-11(14)7-12(10)15/h3-4,7,9,16H,2,5-6,8H2,1H3. The highest BCUT2D eigenvalue weighted by atomic mass is 79.9. The Hall–Kier alpha value is -0.940. The number of carbonyl (C=O) groups is 1. The molecule has 0 bridgehead atoms. The molecule has 1 atom stereocenters. The molecule has 0 radical (unpaired) electrons. The van der Waals surface area contributed by atoms with Gasteiger partial charge in [-0.2, -0.15) is 0 Å². The minimum absolute atomic E-state index is 0.0369. The fraction of sp³-hybridized carbons (Fsp3) is 0.462. The molecule has 2 rings (SSSR count). The summed E-state index contributed by atoms with van der Waals surface area (Å²) in [6, 6.07) is 4.75. The summed E-state index contributed by atoms with van der Waals surface area (Å²) in [5, 5.41) is 3.14. The number of rotatable bonds is 2. The molecular weight excluding hydrogens is 299 g/mol. The molecule has 1 aromatic rings. The molecule has 1 aromatic carbocycles. The van der Waals surface area contributed by atoms with Gasteiger partial charge in [-0.1, -0.05) is 22.0 Å². The second-order valence-corrected chi connectivity index (χ2v) is 5.44. The fourth-order valence-electron chi connectivity index (χ4n) is 2.07. The van der Waals surface area contributed by atoms with Crippen molar-refractivity contribution in [2.45, 2.75) is 25.9 Å². The van der Waals surface area contributed by atoms with Gasteiger partial charge in [0.25, 0.3) is 0 Å². The first-order chi connectivity index (χ1) is 8.58. The van der Waals surface area contributed by atoms with E-state index in [9.17, 15) is 9.18 Å². The van der Waals surface area contributed by atoms with Crippen molar-refractivity contribution in [2.75, 3.05) is 13.1 Å². The molecule has 1 amide bonds. The predicted molar refractivity (Wildman–Crippen MR) is 71.6 cm³/mol. The average Bonchev–Trinajstić information content (AvgIpc) is 2.48. The topological polar surface area (TPSA) is 32.3 Å². The Morgan fingerprint density at radius 2 is 2.33 bits per heavy atom. The van der Waals surface area contributed by atoms with Crippen LogP contribution in [0.3, 0.4) is 0 Å². The van der Waals surface area contributed by atoms with Crippen LogP contribution in [0.5, 0.6) is 0 Å². The van der Waals surface area contributed by atoms with E-state index in [0.29, 0.717) is 23.1 Å². The Labute approximate surface area is 114 Å². The zero-order valence-corrected chi connectivity index (χ0v) is 11.8. The summed E-state index contributed by atoms with van der Waals surface area (Å²) in [6.45, 7) is 3.68. The monoisotopic (exact) mass is 314 g/mol.